The molecule has 5 heteroatoms. The Morgan fingerprint density at radius 2 is 1.94 bits per heavy atom. The lowest BCUT2D eigenvalue weighted by Crippen LogP contribution is -2.47. The van der Waals surface area contributed by atoms with Gasteiger partial charge in [-0.05, 0) is 19.1 Å². The Balaban J connectivity index is 1.87. The fourth-order valence-electron chi connectivity index (χ4n) is 2.09. The van der Waals surface area contributed by atoms with Crippen molar-refractivity contribution in [3.05, 3.63) is 29.8 Å². The van der Waals surface area contributed by atoms with Gasteiger partial charge in [0.1, 0.15) is 11.6 Å². The Kier molecular flexibility index (Phi) is 3.79. The molecule has 0 aromatic heterocycles. The number of carbonyl (C=O) groups excluding carboxylic acids is 1. The fraction of sp³-hybridized carbons (Fsp3) is 0.462. The first-order chi connectivity index (χ1) is 8.58. The number of esters is 1. The molecule has 3 nitrogen and oxygen atoms in total. The molecule has 1 saturated heterocycles. The molecule has 1 aromatic carbocycles. The summed E-state index contributed by atoms with van der Waals surface area (Å²) in [5.41, 5.74) is 0.521. The highest BCUT2D eigenvalue weighted by molar-refractivity contribution is 5.70. The molecule has 0 spiro atoms. The van der Waals surface area contributed by atoms with Crippen LogP contribution in [0.3, 0.4) is 0 Å². The van der Waals surface area contributed by atoms with Crippen LogP contribution in [-0.4, -0.2) is 25.7 Å². The lowest BCUT2D eigenvalue weighted by molar-refractivity contribution is -0.144. The molecule has 2 rings (SSSR count). The summed E-state index contributed by atoms with van der Waals surface area (Å²) >= 11 is 0. The van der Waals surface area contributed by atoms with Crippen LogP contribution in [0.15, 0.2) is 18.2 Å². The highest BCUT2D eigenvalue weighted by Gasteiger charge is 2.29. The van der Waals surface area contributed by atoms with E-state index in [0.717, 1.165) is 6.07 Å². The molecule has 0 saturated carbocycles. The molecule has 1 aliphatic rings. The minimum atomic E-state index is -0.584. The molecule has 0 radical (unpaired) electrons. The molecule has 1 fully saturated rings. The van der Waals surface area contributed by atoms with E-state index in [-0.39, 0.29) is 11.9 Å². The van der Waals surface area contributed by atoms with E-state index in [1.807, 2.05) is 4.90 Å². The van der Waals surface area contributed by atoms with Crippen LogP contribution in [0.4, 0.5) is 14.5 Å². The largest absolute Gasteiger partial charge is 0.466 e. The van der Waals surface area contributed by atoms with Crippen molar-refractivity contribution in [2.24, 2.45) is 5.92 Å². The zero-order valence-corrected chi connectivity index (χ0v) is 10.2. The molecule has 98 valence electrons. The normalized spacial score (nSPS) is 15.4. The van der Waals surface area contributed by atoms with Gasteiger partial charge in [-0.2, -0.15) is 0 Å². The van der Waals surface area contributed by atoms with Crippen LogP contribution in [0, 0.1) is 17.6 Å². The van der Waals surface area contributed by atoms with Crippen molar-refractivity contribution in [2.45, 2.75) is 13.3 Å². The van der Waals surface area contributed by atoms with Crippen molar-refractivity contribution in [3.8, 4) is 0 Å². The smallest absolute Gasteiger partial charge is 0.306 e. The van der Waals surface area contributed by atoms with Gasteiger partial charge in [0.05, 0.1) is 13.0 Å². The van der Waals surface area contributed by atoms with Gasteiger partial charge in [-0.15, -0.1) is 0 Å². The van der Waals surface area contributed by atoms with Gasteiger partial charge in [0, 0.05) is 30.8 Å². The van der Waals surface area contributed by atoms with Gasteiger partial charge >= 0.3 is 5.97 Å². The third kappa shape index (κ3) is 2.97. The highest BCUT2D eigenvalue weighted by atomic mass is 19.1. The first-order valence-electron chi connectivity index (χ1n) is 5.95. The maximum Gasteiger partial charge on any atom is 0.306 e. The summed E-state index contributed by atoms with van der Waals surface area (Å²) in [7, 11) is 0. The number of ether oxygens (including phenoxy) is 1. The van der Waals surface area contributed by atoms with Gasteiger partial charge in [-0.1, -0.05) is 0 Å². The maximum absolute atomic E-state index is 13.0. The van der Waals surface area contributed by atoms with E-state index >= 15 is 0 Å². The average Bonchev–Trinajstić information content (AvgIpc) is 2.21. The Morgan fingerprint density at radius 1 is 1.33 bits per heavy atom. The van der Waals surface area contributed by atoms with Crippen molar-refractivity contribution in [3.63, 3.8) is 0 Å². The van der Waals surface area contributed by atoms with Crippen molar-refractivity contribution in [2.75, 3.05) is 24.6 Å². The van der Waals surface area contributed by atoms with Gasteiger partial charge in [-0.25, -0.2) is 8.78 Å². The summed E-state index contributed by atoms with van der Waals surface area (Å²) in [6, 6.07) is 3.44. The lowest BCUT2D eigenvalue weighted by Gasteiger charge is -2.40. The van der Waals surface area contributed by atoms with Crippen LogP contribution >= 0.6 is 0 Å². The molecule has 0 bridgehead atoms. The van der Waals surface area contributed by atoms with E-state index in [1.54, 1.807) is 6.92 Å². The standard InChI is InChI=1S/C13H15F2NO2/c1-2-18-13(17)3-9-7-16(8-9)12-5-10(14)4-11(15)6-12/h4-6,9H,2-3,7-8H2,1H3. The number of anilines is 1. The summed E-state index contributed by atoms with van der Waals surface area (Å²) < 4.78 is 30.9. The number of benzene rings is 1. The van der Waals surface area contributed by atoms with Crippen LogP contribution in [-0.2, 0) is 9.53 Å². The van der Waals surface area contributed by atoms with Crippen molar-refractivity contribution in [1.82, 2.24) is 0 Å². The van der Waals surface area contributed by atoms with Crippen molar-refractivity contribution in [1.29, 1.82) is 0 Å². The Hall–Kier alpha value is -1.65. The third-order valence-electron chi connectivity index (χ3n) is 2.93. The molecule has 0 atom stereocenters. The van der Waals surface area contributed by atoms with Gasteiger partial charge in [0.2, 0.25) is 0 Å². The summed E-state index contributed by atoms with van der Waals surface area (Å²) in [5, 5.41) is 0. The van der Waals surface area contributed by atoms with Crippen LogP contribution in [0.2, 0.25) is 0 Å². The highest BCUT2D eigenvalue weighted by Crippen LogP contribution is 2.27. The summed E-state index contributed by atoms with van der Waals surface area (Å²) in [5.74, 6) is -1.18. The Labute approximate surface area is 104 Å². The first kappa shape index (κ1) is 12.8. The third-order valence-corrected chi connectivity index (χ3v) is 2.93. The van der Waals surface area contributed by atoms with Gasteiger partial charge in [0.15, 0.2) is 0 Å². The second-order valence-electron chi connectivity index (χ2n) is 4.41. The zero-order chi connectivity index (χ0) is 13.1. The molecule has 0 aliphatic carbocycles. The topological polar surface area (TPSA) is 29.5 Å². The number of hydrogen-bond donors (Lipinski definition) is 0. The molecule has 1 aromatic rings. The SMILES string of the molecule is CCOC(=O)CC1CN(c2cc(F)cc(F)c2)C1. The molecular formula is C13H15F2NO2. The minimum Gasteiger partial charge on any atom is -0.466 e. The second-order valence-corrected chi connectivity index (χ2v) is 4.41. The summed E-state index contributed by atoms with van der Waals surface area (Å²) in [6.07, 6.45) is 0.363. The number of nitrogens with zero attached hydrogens (tertiary/aromatic N) is 1. The molecular weight excluding hydrogens is 240 g/mol. The molecule has 0 amide bonds. The van der Waals surface area contributed by atoms with Crippen LogP contribution in [0.5, 0.6) is 0 Å². The monoisotopic (exact) mass is 255 g/mol. The summed E-state index contributed by atoms with van der Waals surface area (Å²) in [4.78, 5) is 13.1. The van der Waals surface area contributed by atoms with E-state index in [2.05, 4.69) is 0 Å². The van der Waals surface area contributed by atoms with E-state index < -0.39 is 11.6 Å². The molecule has 0 unspecified atom stereocenters. The molecule has 18 heavy (non-hydrogen) atoms. The van der Waals surface area contributed by atoms with E-state index in [1.165, 1.54) is 12.1 Å². The van der Waals surface area contributed by atoms with Gasteiger partial charge < -0.3 is 9.64 Å². The molecule has 0 N–H and O–H groups in total. The van der Waals surface area contributed by atoms with E-state index in [4.69, 9.17) is 4.74 Å². The average molecular weight is 255 g/mol. The van der Waals surface area contributed by atoms with E-state index in [9.17, 15) is 13.6 Å². The van der Waals surface area contributed by atoms with Crippen LogP contribution in [0.25, 0.3) is 0 Å². The van der Waals surface area contributed by atoms with Gasteiger partial charge in [0.25, 0.3) is 0 Å². The predicted octanol–water partition coefficient (Wildman–Crippen LogP) is 2.35. The number of halogens is 2. The number of hydrogen-bond acceptors (Lipinski definition) is 3. The van der Waals surface area contributed by atoms with Crippen LogP contribution < -0.4 is 4.90 Å². The maximum atomic E-state index is 13.0. The van der Waals surface area contributed by atoms with Gasteiger partial charge in [-0.3, -0.25) is 4.79 Å². The molecule has 1 aliphatic heterocycles. The zero-order valence-electron chi connectivity index (χ0n) is 10.2. The summed E-state index contributed by atoms with van der Waals surface area (Å²) in [6.45, 7) is 3.40. The predicted molar refractivity (Wildman–Crippen MR) is 63.3 cm³/mol. The van der Waals surface area contributed by atoms with Crippen LogP contribution in [0.1, 0.15) is 13.3 Å². The number of rotatable bonds is 4. The Morgan fingerprint density at radius 3 is 2.50 bits per heavy atom. The first-order valence-corrected chi connectivity index (χ1v) is 5.95. The number of carbonyl (C=O) groups is 1. The van der Waals surface area contributed by atoms with Crippen molar-refractivity contribution < 1.29 is 18.3 Å². The lowest BCUT2D eigenvalue weighted by atomic mass is 9.95. The minimum absolute atomic E-state index is 0.204. The van der Waals surface area contributed by atoms with E-state index in [0.29, 0.717) is 31.8 Å². The van der Waals surface area contributed by atoms with Crippen molar-refractivity contribution >= 4 is 11.7 Å². The second kappa shape index (κ2) is 5.33. The molecule has 1 heterocycles. The quantitative estimate of drug-likeness (QED) is 0.773. The Bertz CT molecular complexity index is 424. The fourth-order valence-corrected chi connectivity index (χ4v) is 2.09.